The van der Waals surface area contributed by atoms with Crippen molar-refractivity contribution in [2.24, 2.45) is 0 Å². The van der Waals surface area contributed by atoms with Crippen molar-refractivity contribution in [1.82, 2.24) is 14.0 Å². The normalized spacial score (nSPS) is 18.9. The zero-order valence-electron chi connectivity index (χ0n) is 16.0. The van der Waals surface area contributed by atoms with E-state index in [4.69, 9.17) is 12.2 Å². The Labute approximate surface area is 171 Å². The van der Waals surface area contributed by atoms with Gasteiger partial charge in [-0.2, -0.15) is 0 Å². The lowest BCUT2D eigenvalue weighted by atomic mass is 10.1. The van der Waals surface area contributed by atoms with Crippen molar-refractivity contribution in [3.05, 3.63) is 64.9 Å². The van der Waals surface area contributed by atoms with Crippen molar-refractivity contribution >= 4 is 33.1 Å². The molecule has 1 aliphatic heterocycles. The van der Waals surface area contributed by atoms with Gasteiger partial charge in [-0.15, -0.1) is 0 Å². The topological polar surface area (TPSA) is 47.2 Å². The molecule has 0 saturated carbocycles. The van der Waals surface area contributed by atoms with E-state index in [0.717, 1.165) is 28.8 Å². The van der Waals surface area contributed by atoms with Gasteiger partial charge in [-0.1, -0.05) is 42.5 Å². The highest BCUT2D eigenvalue weighted by Gasteiger charge is 2.31. The van der Waals surface area contributed by atoms with Crippen LogP contribution < -0.4 is 0 Å². The molecular formula is C21H25N3O2S2. The number of hydrogen-bond donors (Lipinski definition) is 0. The lowest BCUT2D eigenvalue weighted by Gasteiger charge is -2.23. The van der Waals surface area contributed by atoms with Crippen molar-refractivity contribution in [2.45, 2.75) is 32.1 Å². The van der Waals surface area contributed by atoms with Crippen LogP contribution in [0.2, 0.25) is 0 Å². The van der Waals surface area contributed by atoms with Crippen LogP contribution in [0, 0.1) is 4.77 Å². The average molecular weight is 416 g/mol. The van der Waals surface area contributed by atoms with Crippen molar-refractivity contribution in [2.75, 3.05) is 18.6 Å². The number of aryl methyl sites for hydroxylation is 2. The standard InChI is InChI=1S/C21H25N3O2S2/c1-22(18-12-14-28(25,26)15-18)16-24-20-10-6-5-9-19(20)23(21(24)27)13-11-17-7-3-2-4-8-17/h2-10,18H,11-16H2,1H3. The highest BCUT2D eigenvalue weighted by atomic mass is 32.2. The molecule has 1 aromatic heterocycles. The van der Waals surface area contributed by atoms with E-state index < -0.39 is 9.84 Å². The Balaban J connectivity index is 1.62. The first-order valence-corrected chi connectivity index (χ1v) is 11.8. The van der Waals surface area contributed by atoms with E-state index in [1.54, 1.807) is 0 Å². The predicted octanol–water partition coefficient (Wildman–Crippen LogP) is 3.49. The Morgan fingerprint density at radius 3 is 2.32 bits per heavy atom. The number of hydrogen-bond acceptors (Lipinski definition) is 4. The predicted molar refractivity (Wildman–Crippen MR) is 116 cm³/mol. The number of rotatable bonds is 6. The van der Waals surface area contributed by atoms with Crippen LogP contribution in [0.1, 0.15) is 12.0 Å². The monoisotopic (exact) mass is 415 g/mol. The number of aromatic nitrogens is 2. The molecule has 1 saturated heterocycles. The fourth-order valence-corrected chi connectivity index (χ4v) is 6.12. The van der Waals surface area contributed by atoms with Gasteiger partial charge in [0.25, 0.3) is 0 Å². The molecule has 0 amide bonds. The van der Waals surface area contributed by atoms with Crippen molar-refractivity contribution in [3.8, 4) is 0 Å². The Hall–Kier alpha value is -1.96. The Kier molecular flexibility index (Phi) is 5.40. The molecule has 0 spiro atoms. The fraction of sp³-hybridized carbons (Fsp3) is 0.381. The molecule has 7 heteroatoms. The largest absolute Gasteiger partial charge is 0.316 e. The van der Waals surface area contributed by atoms with Gasteiger partial charge < -0.3 is 9.13 Å². The second-order valence-corrected chi connectivity index (χ2v) is 10.1. The number of benzene rings is 2. The molecule has 2 aromatic carbocycles. The van der Waals surface area contributed by atoms with Crippen LogP contribution >= 0.6 is 12.2 Å². The molecule has 4 rings (SSSR count). The van der Waals surface area contributed by atoms with Crippen LogP contribution in [0.15, 0.2) is 54.6 Å². The second-order valence-electron chi connectivity index (χ2n) is 7.54. The number of nitrogens with zero attached hydrogens (tertiary/aromatic N) is 3. The van der Waals surface area contributed by atoms with E-state index in [-0.39, 0.29) is 17.5 Å². The minimum absolute atomic E-state index is 0.0540. The van der Waals surface area contributed by atoms with E-state index in [0.29, 0.717) is 13.1 Å². The van der Waals surface area contributed by atoms with Crippen LogP contribution in [0.5, 0.6) is 0 Å². The average Bonchev–Trinajstić information content (AvgIpc) is 3.18. The maximum absolute atomic E-state index is 11.8. The number of imidazole rings is 1. The summed E-state index contributed by atoms with van der Waals surface area (Å²) in [5.74, 6) is 0.524. The summed E-state index contributed by atoms with van der Waals surface area (Å²) < 4.78 is 28.8. The Morgan fingerprint density at radius 2 is 1.68 bits per heavy atom. The smallest absolute Gasteiger partial charge is 0.181 e. The summed E-state index contributed by atoms with van der Waals surface area (Å²) in [4.78, 5) is 2.12. The van der Waals surface area contributed by atoms with Gasteiger partial charge in [0, 0.05) is 12.6 Å². The van der Waals surface area contributed by atoms with Crippen LogP contribution in [0.4, 0.5) is 0 Å². The number of sulfone groups is 1. The molecule has 1 atom stereocenters. The van der Waals surface area contributed by atoms with Gasteiger partial charge in [0.15, 0.2) is 14.6 Å². The molecular weight excluding hydrogens is 390 g/mol. The van der Waals surface area contributed by atoms with Crippen LogP contribution in [0.3, 0.4) is 0 Å². The maximum Gasteiger partial charge on any atom is 0.181 e. The van der Waals surface area contributed by atoms with Gasteiger partial charge in [-0.05, 0) is 49.8 Å². The molecule has 0 bridgehead atoms. The highest BCUT2D eigenvalue weighted by Crippen LogP contribution is 2.22. The molecule has 0 N–H and O–H groups in total. The molecule has 5 nitrogen and oxygen atoms in total. The van der Waals surface area contributed by atoms with Gasteiger partial charge >= 0.3 is 0 Å². The van der Waals surface area contributed by atoms with E-state index in [1.807, 2.05) is 25.2 Å². The molecule has 1 fully saturated rings. The molecule has 148 valence electrons. The SMILES string of the molecule is CN(Cn1c(=S)n(CCc2ccccc2)c2ccccc21)C1CCS(=O)(=O)C1. The van der Waals surface area contributed by atoms with E-state index in [1.165, 1.54) is 5.56 Å². The number of para-hydroxylation sites is 2. The minimum atomic E-state index is -2.90. The van der Waals surface area contributed by atoms with Crippen LogP contribution in [-0.4, -0.2) is 47.0 Å². The number of fused-ring (bicyclic) bond motifs is 1. The minimum Gasteiger partial charge on any atom is -0.316 e. The Morgan fingerprint density at radius 1 is 1.04 bits per heavy atom. The van der Waals surface area contributed by atoms with Crippen molar-refractivity contribution < 1.29 is 8.42 Å². The van der Waals surface area contributed by atoms with E-state index in [9.17, 15) is 8.42 Å². The van der Waals surface area contributed by atoms with Crippen molar-refractivity contribution in [3.63, 3.8) is 0 Å². The summed E-state index contributed by atoms with van der Waals surface area (Å²) in [7, 11) is -0.912. The molecule has 1 aliphatic rings. The summed E-state index contributed by atoms with van der Waals surface area (Å²) in [6.07, 6.45) is 1.61. The van der Waals surface area contributed by atoms with Gasteiger partial charge in [0.05, 0.1) is 29.2 Å². The lowest BCUT2D eigenvalue weighted by molar-refractivity contribution is 0.210. The maximum atomic E-state index is 11.8. The van der Waals surface area contributed by atoms with Crippen molar-refractivity contribution in [1.29, 1.82) is 0 Å². The molecule has 0 aliphatic carbocycles. The quantitative estimate of drug-likeness (QED) is 0.578. The zero-order chi connectivity index (χ0) is 19.7. The summed E-state index contributed by atoms with van der Waals surface area (Å²) in [6.45, 7) is 1.41. The third-order valence-corrected chi connectivity index (χ3v) is 7.78. The molecule has 2 heterocycles. The third kappa shape index (κ3) is 3.92. The first kappa shape index (κ1) is 19.4. The Bertz CT molecular complexity index is 1130. The van der Waals surface area contributed by atoms with E-state index >= 15 is 0 Å². The summed E-state index contributed by atoms with van der Waals surface area (Å²) >= 11 is 5.83. The first-order valence-electron chi connectivity index (χ1n) is 9.57. The zero-order valence-corrected chi connectivity index (χ0v) is 17.6. The summed E-state index contributed by atoms with van der Waals surface area (Å²) in [6, 6.07) is 18.7. The van der Waals surface area contributed by atoms with Gasteiger partial charge in [0.1, 0.15) is 0 Å². The van der Waals surface area contributed by atoms with Crippen LogP contribution in [0.25, 0.3) is 11.0 Å². The second kappa shape index (κ2) is 7.81. The van der Waals surface area contributed by atoms with Gasteiger partial charge in [-0.3, -0.25) is 4.90 Å². The highest BCUT2D eigenvalue weighted by molar-refractivity contribution is 7.91. The van der Waals surface area contributed by atoms with Crippen LogP contribution in [-0.2, 0) is 29.5 Å². The molecule has 0 radical (unpaired) electrons. The fourth-order valence-electron chi connectivity index (χ4n) is 3.97. The summed E-state index contributed by atoms with van der Waals surface area (Å²) in [5.41, 5.74) is 3.50. The molecule has 3 aromatic rings. The first-order chi connectivity index (χ1) is 13.4. The third-order valence-electron chi connectivity index (χ3n) is 5.59. The van der Waals surface area contributed by atoms with Gasteiger partial charge in [0.2, 0.25) is 0 Å². The van der Waals surface area contributed by atoms with Gasteiger partial charge in [-0.25, -0.2) is 8.42 Å². The molecule has 1 unspecified atom stereocenters. The summed E-state index contributed by atoms with van der Waals surface area (Å²) in [5, 5.41) is 0. The van der Waals surface area contributed by atoms with E-state index in [2.05, 4.69) is 50.4 Å². The lowest BCUT2D eigenvalue weighted by Crippen LogP contribution is -2.34. The molecule has 28 heavy (non-hydrogen) atoms.